The van der Waals surface area contributed by atoms with Gasteiger partial charge in [-0.1, -0.05) is 24.3 Å². The average molecular weight is 256 g/mol. The highest BCUT2D eigenvalue weighted by molar-refractivity contribution is 5.81. The maximum Gasteiger partial charge on any atom is 0.240 e. The van der Waals surface area contributed by atoms with Gasteiger partial charge in [0.15, 0.2) is 0 Å². The van der Waals surface area contributed by atoms with Crippen molar-refractivity contribution in [2.24, 2.45) is 5.92 Å². The van der Waals surface area contributed by atoms with Gasteiger partial charge in [-0.3, -0.25) is 4.79 Å². The zero-order valence-corrected chi connectivity index (χ0v) is 11.4. The first-order chi connectivity index (χ1) is 9.22. The van der Waals surface area contributed by atoms with E-state index in [1.54, 1.807) is 0 Å². The van der Waals surface area contributed by atoms with Crippen LogP contribution in [0.15, 0.2) is 24.3 Å². The van der Waals surface area contributed by atoms with Crippen molar-refractivity contribution in [1.82, 2.24) is 4.90 Å². The van der Waals surface area contributed by atoms with Gasteiger partial charge in [-0.15, -0.1) is 0 Å². The monoisotopic (exact) mass is 256 g/mol. The smallest absolute Gasteiger partial charge is 0.240 e. The summed E-state index contributed by atoms with van der Waals surface area (Å²) in [4.78, 5) is 14.2. The predicted octanol–water partition coefficient (Wildman–Crippen LogP) is 2.69. The number of nitriles is 1. The first kappa shape index (κ1) is 13.6. The molecule has 1 amide bonds. The standard InChI is InChI=1S/C16H20N2O/c1-13-7-3-4-8-14(13)11-15(12-17)16(19)18-9-5-2-6-10-18/h3-4,7-8,15H,2,5-6,9-11H2,1H3. The van der Waals surface area contributed by atoms with E-state index in [4.69, 9.17) is 0 Å². The number of hydrogen-bond donors (Lipinski definition) is 0. The van der Waals surface area contributed by atoms with Gasteiger partial charge in [-0.2, -0.15) is 5.26 Å². The summed E-state index contributed by atoms with van der Waals surface area (Å²) >= 11 is 0. The summed E-state index contributed by atoms with van der Waals surface area (Å²) in [6.07, 6.45) is 3.85. The van der Waals surface area contributed by atoms with E-state index >= 15 is 0 Å². The molecule has 1 aromatic carbocycles. The number of carbonyl (C=O) groups excluding carboxylic acids is 1. The van der Waals surface area contributed by atoms with Crippen LogP contribution in [0.4, 0.5) is 0 Å². The summed E-state index contributed by atoms with van der Waals surface area (Å²) in [5, 5.41) is 9.28. The van der Waals surface area contributed by atoms with Gasteiger partial charge >= 0.3 is 0 Å². The summed E-state index contributed by atoms with van der Waals surface area (Å²) in [6, 6.07) is 10.1. The molecule has 1 unspecified atom stereocenters. The molecule has 1 atom stereocenters. The normalized spacial score (nSPS) is 16.7. The third-order valence-corrected chi connectivity index (χ3v) is 3.81. The summed E-state index contributed by atoms with van der Waals surface area (Å²) in [5.41, 5.74) is 2.24. The predicted molar refractivity (Wildman–Crippen MR) is 74.4 cm³/mol. The van der Waals surface area contributed by atoms with Gasteiger partial charge in [0, 0.05) is 13.1 Å². The molecular weight excluding hydrogens is 236 g/mol. The molecule has 0 aliphatic carbocycles. The van der Waals surface area contributed by atoms with Crippen LogP contribution >= 0.6 is 0 Å². The molecule has 0 saturated carbocycles. The minimum Gasteiger partial charge on any atom is -0.342 e. The third-order valence-electron chi connectivity index (χ3n) is 3.81. The molecule has 19 heavy (non-hydrogen) atoms. The lowest BCUT2D eigenvalue weighted by Crippen LogP contribution is -2.40. The Labute approximate surface area is 114 Å². The van der Waals surface area contributed by atoms with Gasteiger partial charge in [0.05, 0.1) is 6.07 Å². The zero-order chi connectivity index (χ0) is 13.7. The number of rotatable bonds is 3. The Morgan fingerprint density at radius 1 is 1.32 bits per heavy atom. The molecule has 100 valence electrons. The van der Waals surface area contributed by atoms with Crippen LogP contribution in [-0.4, -0.2) is 23.9 Å². The van der Waals surface area contributed by atoms with E-state index in [1.807, 2.05) is 36.1 Å². The fourth-order valence-corrected chi connectivity index (χ4v) is 2.58. The minimum atomic E-state index is -0.542. The second-order valence-electron chi connectivity index (χ2n) is 5.20. The van der Waals surface area contributed by atoms with E-state index in [2.05, 4.69) is 6.07 Å². The lowest BCUT2D eigenvalue weighted by molar-refractivity contribution is -0.134. The number of amides is 1. The summed E-state index contributed by atoms with van der Waals surface area (Å²) < 4.78 is 0. The Morgan fingerprint density at radius 3 is 2.63 bits per heavy atom. The molecule has 1 saturated heterocycles. The molecular formula is C16H20N2O. The molecule has 0 spiro atoms. The fraction of sp³-hybridized carbons (Fsp3) is 0.500. The first-order valence-corrected chi connectivity index (χ1v) is 6.95. The highest BCUT2D eigenvalue weighted by atomic mass is 16.2. The second-order valence-corrected chi connectivity index (χ2v) is 5.20. The SMILES string of the molecule is Cc1ccccc1CC(C#N)C(=O)N1CCCCC1. The van der Waals surface area contributed by atoms with Gasteiger partial charge in [0.2, 0.25) is 5.91 Å². The summed E-state index contributed by atoms with van der Waals surface area (Å²) in [6.45, 7) is 3.64. The van der Waals surface area contributed by atoms with E-state index in [0.29, 0.717) is 6.42 Å². The zero-order valence-electron chi connectivity index (χ0n) is 11.4. The molecule has 1 fully saturated rings. The quantitative estimate of drug-likeness (QED) is 0.834. The number of nitrogens with zero attached hydrogens (tertiary/aromatic N) is 2. The van der Waals surface area contributed by atoms with Crippen molar-refractivity contribution in [2.75, 3.05) is 13.1 Å². The van der Waals surface area contributed by atoms with E-state index < -0.39 is 5.92 Å². The Bertz CT molecular complexity index is 484. The maximum absolute atomic E-state index is 12.3. The van der Waals surface area contributed by atoms with Crippen LogP contribution < -0.4 is 0 Å². The lowest BCUT2D eigenvalue weighted by atomic mass is 9.95. The number of aryl methyl sites for hydroxylation is 1. The van der Waals surface area contributed by atoms with Crippen LogP contribution in [0.2, 0.25) is 0 Å². The molecule has 0 aromatic heterocycles. The minimum absolute atomic E-state index is 0.00505. The summed E-state index contributed by atoms with van der Waals surface area (Å²) in [5.74, 6) is -0.537. The average Bonchev–Trinajstić information content (AvgIpc) is 2.47. The van der Waals surface area contributed by atoms with Crippen molar-refractivity contribution in [3.63, 3.8) is 0 Å². The number of likely N-dealkylation sites (tertiary alicyclic amines) is 1. The van der Waals surface area contributed by atoms with Gasteiger partial charge < -0.3 is 4.90 Å². The number of carbonyl (C=O) groups is 1. The van der Waals surface area contributed by atoms with Crippen molar-refractivity contribution >= 4 is 5.91 Å². The van der Waals surface area contributed by atoms with Gasteiger partial charge in [0.25, 0.3) is 0 Å². The maximum atomic E-state index is 12.3. The van der Waals surface area contributed by atoms with Crippen LogP contribution in [0.1, 0.15) is 30.4 Å². The van der Waals surface area contributed by atoms with Crippen LogP contribution in [-0.2, 0) is 11.2 Å². The lowest BCUT2D eigenvalue weighted by Gasteiger charge is -2.28. The highest BCUT2D eigenvalue weighted by Gasteiger charge is 2.25. The highest BCUT2D eigenvalue weighted by Crippen LogP contribution is 2.17. The Hall–Kier alpha value is -1.82. The van der Waals surface area contributed by atoms with Crippen LogP contribution in [0.3, 0.4) is 0 Å². The molecule has 2 rings (SSSR count). The van der Waals surface area contributed by atoms with Crippen molar-refractivity contribution in [1.29, 1.82) is 5.26 Å². The molecule has 0 radical (unpaired) electrons. The van der Waals surface area contributed by atoms with Crippen LogP contribution in [0.5, 0.6) is 0 Å². The Kier molecular flexibility index (Phi) is 4.57. The van der Waals surface area contributed by atoms with E-state index in [0.717, 1.165) is 37.1 Å². The molecule has 0 N–H and O–H groups in total. The number of benzene rings is 1. The van der Waals surface area contributed by atoms with Crippen molar-refractivity contribution < 1.29 is 4.79 Å². The molecule has 3 nitrogen and oxygen atoms in total. The number of hydrogen-bond acceptors (Lipinski definition) is 2. The van der Waals surface area contributed by atoms with Gasteiger partial charge in [-0.05, 0) is 43.7 Å². The van der Waals surface area contributed by atoms with Crippen molar-refractivity contribution in [2.45, 2.75) is 32.6 Å². The molecule has 1 heterocycles. The molecule has 0 bridgehead atoms. The second kappa shape index (κ2) is 6.38. The first-order valence-electron chi connectivity index (χ1n) is 6.95. The van der Waals surface area contributed by atoms with Crippen LogP contribution in [0.25, 0.3) is 0 Å². The topological polar surface area (TPSA) is 44.1 Å². The molecule has 3 heteroatoms. The largest absolute Gasteiger partial charge is 0.342 e. The Balaban J connectivity index is 2.06. The van der Waals surface area contributed by atoms with E-state index in [9.17, 15) is 10.1 Å². The fourth-order valence-electron chi connectivity index (χ4n) is 2.58. The Morgan fingerprint density at radius 2 is 2.00 bits per heavy atom. The third kappa shape index (κ3) is 3.35. The van der Waals surface area contributed by atoms with E-state index in [1.165, 1.54) is 6.42 Å². The molecule has 1 aliphatic heterocycles. The van der Waals surface area contributed by atoms with E-state index in [-0.39, 0.29) is 5.91 Å². The molecule has 1 aliphatic rings. The van der Waals surface area contributed by atoms with Crippen molar-refractivity contribution in [3.8, 4) is 6.07 Å². The van der Waals surface area contributed by atoms with Gasteiger partial charge in [0.1, 0.15) is 5.92 Å². The number of piperidine rings is 1. The molecule has 1 aromatic rings. The van der Waals surface area contributed by atoms with Crippen molar-refractivity contribution in [3.05, 3.63) is 35.4 Å². The summed E-state index contributed by atoms with van der Waals surface area (Å²) in [7, 11) is 0. The van der Waals surface area contributed by atoms with Gasteiger partial charge in [-0.25, -0.2) is 0 Å². The van der Waals surface area contributed by atoms with Crippen LogP contribution in [0, 0.1) is 24.2 Å².